The van der Waals surface area contributed by atoms with Crippen molar-refractivity contribution in [2.45, 2.75) is 12.5 Å². The van der Waals surface area contributed by atoms with Crippen LogP contribution in [0.15, 0.2) is 60.1 Å². The average molecular weight is 361 g/mol. The van der Waals surface area contributed by atoms with Crippen LogP contribution in [-0.4, -0.2) is 19.2 Å². The van der Waals surface area contributed by atoms with Gasteiger partial charge in [0.05, 0.1) is 22.6 Å². The van der Waals surface area contributed by atoms with E-state index in [1.165, 1.54) is 0 Å². The van der Waals surface area contributed by atoms with Gasteiger partial charge in [-0.1, -0.05) is 72.2 Å². The first kappa shape index (κ1) is 16.9. The summed E-state index contributed by atoms with van der Waals surface area (Å²) in [5, 5.41) is 4.39. The third-order valence-corrected chi connectivity index (χ3v) is 4.71. The van der Waals surface area contributed by atoms with Crippen molar-refractivity contribution in [2.24, 2.45) is 4.99 Å². The van der Waals surface area contributed by atoms with Gasteiger partial charge in [-0.05, 0) is 29.2 Å². The van der Waals surface area contributed by atoms with E-state index in [0.29, 0.717) is 35.6 Å². The molecule has 1 aliphatic rings. The van der Waals surface area contributed by atoms with Crippen molar-refractivity contribution in [2.75, 3.05) is 13.2 Å². The Labute approximate surface area is 152 Å². The number of ether oxygens (including phenoxy) is 1. The summed E-state index contributed by atoms with van der Waals surface area (Å²) in [5.74, 6) is 0. The Morgan fingerprint density at radius 1 is 1.17 bits per heavy atom. The molecular weight excluding hydrogens is 343 g/mol. The Balaban J connectivity index is 1.87. The molecule has 0 bridgehead atoms. The quantitative estimate of drug-likeness (QED) is 0.803. The van der Waals surface area contributed by atoms with E-state index in [0.717, 1.165) is 16.7 Å². The van der Waals surface area contributed by atoms with E-state index in [1.807, 2.05) is 42.5 Å². The second kappa shape index (κ2) is 7.73. The summed E-state index contributed by atoms with van der Waals surface area (Å²) >= 11 is 12.6. The van der Waals surface area contributed by atoms with E-state index in [2.05, 4.69) is 16.9 Å². The second-order valence-electron chi connectivity index (χ2n) is 5.55. The van der Waals surface area contributed by atoms with E-state index in [1.54, 1.807) is 6.07 Å². The number of nitrogens with zero attached hydrogens (tertiary/aromatic N) is 1. The third-order valence-electron chi connectivity index (χ3n) is 3.87. The average Bonchev–Trinajstić information content (AvgIpc) is 3.10. The SMILES string of the molecule is C=C(CC(NC1=NCCO1)c1cccc(Cl)c1Cl)c1ccccc1. The summed E-state index contributed by atoms with van der Waals surface area (Å²) in [6, 6.07) is 16.1. The fourth-order valence-corrected chi connectivity index (χ4v) is 3.08. The summed E-state index contributed by atoms with van der Waals surface area (Å²) in [7, 11) is 0. The number of aliphatic imine (C=N–C) groups is 1. The predicted octanol–water partition coefficient (Wildman–Crippen LogP) is 5.11. The summed E-state index contributed by atoms with van der Waals surface area (Å²) in [6.07, 6.45) is 0.659. The highest BCUT2D eigenvalue weighted by Gasteiger charge is 2.21. The van der Waals surface area contributed by atoms with Crippen LogP contribution >= 0.6 is 23.2 Å². The summed E-state index contributed by atoms with van der Waals surface area (Å²) in [6.45, 7) is 5.48. The maximum atomic E-state index is 6.42. The lowest BCUT2D eigenvalue weighted by Crippen LogP contribution is -2.29. The smallest absolute Gasteiger partial charge is 0.285 e. The van der Waals surface area contributed by atoms with Gasteiger partial charge < -0.3 is 10.1 Å². The Bertz CT molecular complexity index is 759. The van der Waals surface area contributed by atoms with Gasteiger partial charge in [-0.2, -0.15) is 0 Å². The molecule has 1 N–H and O–H groups in total. The first-order valence-corrected chi connectivity index (χ1v) is 8.51. The van der Waals surface area contributed by atoms with Crippen LogP contribution in [0.5, 0.6) is 0 Å². The first-order valence-electron chi connectivity index (χ1n) is 7.76. The number of nitrogens with one attached hydrogen (secondary N) is 1. The number of halogens is 2. The molecule has 2 aromatic rings. The molecule has 0 radical (unpaired) electrons. The molecule has 3 nitrogen and oxygen atoms in total. The Hall–Kier alpha value is -1.97. The lowest BCUT2D eigenvalue weighted by atomic mass is 9.95. The molecule has 1 heterocycles. The standard InChI is InChI=1S/C19H18Cl2N2O/c1-13(14-6-3-2-4-7-14)12-17(23-19-22-10-11-24-19)15-8-5-9-16(20)18(15)21/h2-9,17H,1,10-12H2,(H,22,23). The molecule has 2 aromatic carbocycles. The minimum Gasteiger partial charge on any atom is -0.463 e. The molecule has 1 unspecified atom stereocenters. The van der Waals surface area contributed by atoms with Crippen molar-refractivity contribution in [1.82, 2.24) is 5.32 Å². The zero-order chi connectivity index (χ0) is 16.9. The first-order chi connectivity index (χ1) is 11.6. The van der Waals surface area contributed by atoms with Crippen LogP contribution < -0.4 is 5.32 Å². The molecule has 0 saturated heterocycles. The van der Waals surface area contributed by atoms with Crippen molar-refractivity contribution >= 4 is 34.8 Å². The lowest BCUT2D eigenvalue weighted by Gasteiger charge is -2.22. The minimum atomic E-state index is -0.124. The number of rotatable bonds is 5. The van der Waals surface area contributed by atoms with Crippen molar-refractivity contribution in [3.63, 3.8) is 0 Å². The summed E-state index contributed by atoms with van der Waals surface area (Å²) < 4.78 is 5.50. The van der Waals surface area contributed by atoms with Crippen molar-refractivity contribution in [1.29, 1.82) is 0 Å². The van der Waals surface area contributed by atoms with Crippen molar-refractivity contribution in [3.8, 4) is 0 Å². The van der Waals surface area contributed by atoms with Gasteiger partial charge in [0, 0.05) is 0 Å². The van der Waals surface area contributed by atoms with Crippen molar-refractivity contribution < 1.29 is 4.74 Å². The van der Waals surface area contributed by atoms with E-state index < -0.39 is 0 Å². The maximum Gasteiger partial charge on any atom is 0.285 e. The van der Waals surface area contributed by atoms with E-state index in [-0.39, 0.29) is 6.04 Å². The Morgan fingerprint density at radius 3 is 2.67 bits per heavy atom. The van der Waals surface area contributed by atoms with E-state index in [9.17, 15) is 0 Å². The van der Waals surface area contributed by atoms with Crippen LogP contribution in [0.4, 0.5) is 0 Å². The number of amidine groups is 1. The Morgan fingerprint density at radius 2 is 1.96 bits per heavy atom. The van der Waals surface area contributed by atoms with Crippen molar-refractivity contribution in [3.05, 3.63) is 76.3 Å². The molecule has 24 heavy (non-hydrogen) atoms. The van der Waals surface area contributed by atoms with Gasteiger partial charge in [-0.3, -0.25) is 0 Å². The highest BCUT2D eigenvalue weighted by Crippen LogP contribution is 2.34. The molecule has 0 fully saturated rings. The summed E-state index contributed by atoms with van der Waals surface area (Å²) in [4.78, 5) is 4.31. The number of benzene rings is 2. The Kier molecular flexibility index (Phi) is 5.44. The van der Waals surface area contributed by atoms with Crippen LogP contribution in [0.25, 0.3) is 5.57 Å². The largest absolute Gasteiger partial charge is 0.463 e. The zero-order valence-corrected chi connectivity index (χ0v) is 14.6. The van der Waals surface area contributed by atoms with Crippen LogP contribution in [0.1, 0.15) is 23.6 Å². The van der Waals surface area contributed by atoms with Gasteiger partial charge in [0.15, 0.2) is 0 Å². The van der Waals surface area contributed by atoms with E-state index >= 15 is 0 Å². The molecule has 3 rings (SSSR count). The molecule has 1 aliphatic heterocycles. The van der Waals surface area contributed by atoms with Gasteiger partial charge in [0.25, 0.3) is 6.02 Å². The molecular formula is C19H18Cl2N2O. The van der Waals surface area contributed by atoms with E-state index in [4.69, 9.17) is 27.9 Å². The highest BCUT2D eigenvalue weighted by atomic mass is 35.5. The van der Waals surface area contributed by atoms with Gasteiger partial charge in [0.2, 0.25) is 0 Å². The number of hydrogen-bond acceptors (Lipinski definition) is 3. The highest BCUT2D eigenvalue weighted by molar-refractivity contribution is 6.42. The van der Waals surface area contributed by atoms with Crippen LogP contribution in [-0.2, 0) is 4.74 Å². The fraction of sp³-hybridized carbons (Fsp3) is 0.211. The van der Waals surface area contributed by atoms with Gasteiger partial charge >= 0.3 is 0 Å². The molecule has 1 atom stereocenters. The zero-order valence-electron chi connectivity index (χ0n) is 13.1. The number of hydrogen-bond donors (Lipinski definition) is 1. The van der Waals surface area contributed by atoms with Crippen LogP contribution in [0.3, 0.4) is 0 Å². The second-order valence-corrected chi connectivity index (χ2v) is 6.33. The van der Waals surface area contributed by atoms with Gasteiger partial charge in [-0.15, -0.1) is 0 Å². The molecule has 0 spiro atoms. The minimum absolute atomic E-state index is 0.124. The molecule has 0 amide bonds. The normalized spacial score (nSPS) is 14.7. The monoisotopic (exact) mass is 360 g/mol. The molecule has 0 aliphatic carbocycles. The van der Waals surface area contributed by atoms with Crippen LogP contribution in [0.2, 0.25) is 10.0 Å². The molecule has 5 heteroatoms. The molecule has 0 saturated carbocycles. The summed E-state index contributed by atoms with van der Waals surface area (Å²) in [5.41, 5.74) is 3.00. The third kappa shape index (κ3) is 3.92. The fourth-order valence-electron chi connectivity index (χ4n) is 2.64. The topological polar surface area (TPSA) is 33.6 Å². The predicted molar refractivity (Wildman–Crippen MR) is 101 cm³/mol. The van der Waals surface area contributed by atoms with Gasteiger partial charge in [0.1, 0.15) is 6.61 Å². The lowest BCUT2D eigenvalue weighted by molar-refractivity contribution is 0.325. The van der Waals surface area contributed by atoms with Crippen LogP contribution in [0, 0.1) is 0 Å². The molecule has 0 aromatic heterocycles. The van der Waals surface area contributed by atoms with Gasteiger partial charge in [-0.25, -0.2) is 4.99 Å². The maximum absolute atomic E-state index is 6.42. The molecule has 124 valence electrons.